The van der Waals surface area contributed by atoms with E-state index < -0.39 is 5.97 Å². The van der Waals surface area contributed by atoms with E-state index in [4.69, 9.17) is 14.3 Å². The van der Waals surface area contributed by atoms with Crippen molar-refractivity contribution < 1.29 is 19.1 Å². The lowest BCUT2D eigenvalue weighted by molar-refractivity contribution is 0.0696. The topological polar surface area (TPSA) is 59.7 Å². The lowest BCUT2D eigenvalue weighted by Gasteiger charge is -2.04. The minimum atomic E-state index is -0.990. The largest absolute Gasteiger partial charge is 0.478 e. The summed E-state index contributed by atoms with van der Waals surface area (Å²) in [6.45, 7) is 2.86. The first-order valence-electron chi connectivity index (χ1n) is 10.7. The molecule has 0 unspecified atom stereocenters. The average molecular weight is 367 g/mol. The molecule has 150 valence electrons. The van der Waals surface area contributed by atoms with Crippen LogP contribution in [0.25, 0.3) is 0 Å². The van der Waals surface area contributed by atoms with Gasteiger partial charge in [-0.1, -0.05) is 96.8 Å². The molecule has 26 heavy (non-hydrogen) atoms. The Balaban J connectivity index is 1.77. The molecule has 4 nitrogen and oxygen atoms in total. The molecule has 0 bridgehead atoms. The van der Waals surface area contributed by atoms with Crippen molar-refractivity contribution in [1.82, 2.24) is 0 Å². The van der Waals surface area contributed by atoms with Gasteiger partial charge >= 0.3 is 5.97 Å². The molecular formula is C22H38O4. The van der Waals surface area contributed by atoms with Gasteiger partial charge in [-0.05, 0) is 6.42 Å². The van der Waals surface area contributed by atoms with Gasteiger partial charge in [0.25, 0.3) is 5.95 Å². The molecule has 1 N–H and O–H groups in total. The molecule has 0 atom stereocenters. The summed E-state index contributed by atoms with van der Waals surface area (Å²) >= 11 is 0. The first-order valence-corrected chi connectivity index (χ1v) is 10.7. The Kier molecular flexibility index (Phi) is 13.7. The lowest BCUT2D eigenvalue weighted by atomic mass is 10.0. The summed E-state index contributed by atoms with van der Waals surface area (Å²) in [5, 5.41) is 8.80. The number of furan rings is 1. The monoisotopic (exact) mass is 366 g/mol. The van der Waals surface area contributed by atoms with Crippen LogP contribution in [-0.2, 0) is 0 Å². The van der Waals surface area contributed by atoms with E-state index in [0.29, 0.717) is 12.6 Å². The zero-order valence-corrected chi connectivity index (χ0v) is 16.6. The Labute approximate surface area is 159 Å². The van der Waals surface area contributed by atoms with Crippen LogP contribution in [0.4, 0.5) is 0 Å². The van der Waals surface area contributed by atoms with Crippen molar-refractivity contribution in [2.24, 2.45) is 0 Å². The number of hydrogen-bond donors (Lipinski definition) is 1. The third kappa shape index (κ3) is 12.0. The summed E-state index contributed by atoms with van der Waals surface area (Å²) in [4.78, 5) is 10.7. The van der Waals surface area contributed by atoms with Gasteiger partial charge in [0, 0.05) is 6.07 Å². The van der Waals surface area contributed by atoms with Crippen molar-refractivity contribution in [3.05, 3.63) is 17.9 Å². The van der Waals surface area contributed by atoms with Crippen LogP contribution in [0.15, 0.2) is 16.7 Å². The quantitative estimate of drug-likeness (QED) is 0.278. The van der Waals surface area contributed by atoms with Crippen LogP contribution in [0, 0.1) is 0 Å². The fraction of sp³-hybridized carbons (Fsp3) is 0.773. The molecule has 0 spiro atoms. The Morgan fingerprint density at radius 3 is 1.73 bits per heavy atom. The molecule has 0 aliphatic carbocycles. The Bertz CT molecular complexity index is 453. The minimum absolute atomic E-state index is 0.136. The summed E-state index contributed by atoms with van der Waals surface area (Å²) in [5.74, 6) is -0.691. The van der Waals surface area contributed by atoms with Crippen molar-refractivity contribution in [3.63, 3.8) is 0 Å². The van der Waals surface area contributed by atoms with E-state index in [1.54, 1.807) is 0 Å². The van der Waals surface area contributed by atoms with Crippen LogP contribution in [0.1, 0.15) is 114 Å². The van der Waals surface area contributed by atoms with Gasteiger partial charge in [0.1, 0.15) is 11.8 Å². The summed E-state index contributed by atoms with van der Waals surface area (Å²) in [7, 11) is 0. The van der Waals surface area contributed by atoms with Gasteiger partial charge in [-0.2, -0.15) is 0 Å². The number of aromatic carboxylic acids is 1. The number of carboxylic acids is 1. The standard InChI is InChI=1S/C22H38O4/c1-2-3-4-5-6-7-8-9-10-11-12-13-14-15-16-17-25-21-18-20(19-26-21)22(23)24/h18-19H,2-17H2,1H3,(H,23,24). The molecule has 0 saturated heterocycles. The third-order valence-electron chi connectivity index (χ3n) is 4.81. The Morgan fingerprint density at radius 1 is 0.846 bits per heavy atom. The smallest absolute Gasteiger partial charge is 0.339 e. The van der Waals surface area contributed by atoms with E-state index in [1.807, 2.05) is 0 Å². The highest BCUT2D eigenvalue weighted by atomic mass is 16.6. The van der Waals surface area contributed by atoms with Gasteiger partial charge in [-0.15, -0.1) is 0 Å². The number of hydrogen-bond acceptors (Lipinski definition) is 3. The van der Waals surface area contributed by atoms with Gasteiger partial charge in [0.05, 0.1) is 6.61 Å². The number of rotatable bonds is 18. The zero-order valence-electron chi connectivity index (χ0n) is 16.6. The summed E-state index contributed by atoms with van der Waals surface area (Å²) in [5.41, 5.74) is 0.136. The zero-order chi connectivity index (χ0) is 18.9. The normalized spacial score (nSPS) is 11.0. The lowest BCUT2D eigenvalue weighted by Crippen LogP contribution is -1.96. The molecule has 1 aromatic rings. The van der Waals surface area contributed by atoms with Crippen LogP contribution in [0.5, 0.6) is 5.95 Å². The van der Waals surface area contributed by atoms with Crippen molar-refractivity contribution in [1.29, 1.82) is 0 Å². The Hall–Kier alpha value is -1.45. The highest BCUT2D eigenvalue weighted by Gasteiger charge is 2.08. The molecule has 0 aromatic carbocycles. The van der Waals surface area contributed by atoms with Crippen LogP contribution in [0.2, 0.25) is 0 Å². The average Bonchev–Trinajstić information content (AvgIpc) is 3.10. The first kappa shape index (κ1) is 22.6. The van der Waals surface area contributed by atoms with E-state index in [1.165, 1.54) is 95.8 Å². The molecule has 1 rings (SSSR count). The van der Waals surface area contributed by atoms with E-state index in [9.17, 15) is 4.79 Å². The minimum Gasteiger partial charge on any atom is -0.478 e. The van der Waals surface area contributed by atoms with Crippen LogP contribution < -0.4 is 4.74 Å². The molecule has 0 radical (unpaired) electrons. The van der Waals surface area contributed by atoms with E-state index >= 15 is 0 Å². The maximum absolute atomic E-state index is 10.7. The molecule has 4 heteroatoms. The maximum atomic E-state index is 10.7. The van der Waals surface area contributed by atoms with Gasteiger partial charge < -0.3 is 14.3 Å². The van der Waals surface area contributed by atoms with Crippen LogP contribution in [0.3, 0.4) is 0 Å². The molecule has 0 fully saturated rings. The third-order valence-corrected chi connectivity index (χ3v) is 4.81. The van der Waals surface area contributed by atoms with Gasteiger partial charge in [0.2, 0.25) is 0 Å². The number of carboxylic acid groups (broad SMARTS) is 1. The second kappa shape index (κ2) is 15.8. The van der Waals surface area contributed by atoms with Gasteiger partial charge in [0.15, 0.2) is 0 Å². The highest BCUT2D eigenvalue weighted by Crippen LogP contribution is 2.17. The fourth-order valence-electron chi connectivity index (χ4n) is 3.15. The first-order chi connectivity index (χ1) is 12.7. The maximum Gasteiger partial charge on any atom is 0.339 e. The van der Waals surface area contributed by atoms with Crippen LogP contribution in [-0.4, -0.2) is 17.7 Å². The summed E-state index contributed by atoms with van der Waals surface area (Å²) < 4.78 is 10.5. The van der Waals surface area contributed by atoms with Crippen molar-refractivity contribution in [3.8, 4) is 5.95 Å². The van der Waals surface area contributed by atoms with E-state index in [2.05, 4.69) is 6.92 Å². The second-order valence-electron chi connectivity index (χ2n) is 7.26. The molecule has 0 amide bonds. The van der Waals surface area contributed by atoms with Crippen LogP contribution >= 0.6 is 0 Å². The number of unbranched alkanes of at least 4 members (excludes halogenated alkanes) is 14. The predicted molar refractivity (Wildman–Crippen MR) is 106 cm³/mol. The summed E-state index contributed by atoms with van der Waals surface area (Å²) in [6, 6.07) is 1.42. The molecule has 0 aliphatic heterocycles. The van der Waals surface area contributed by atoms with Crippen molar-refractivity contribution in [2.45, 2.75) is 103 Å². The molecule has 1 heterocycles. The fourth-order valence-corrected chi connectivity index (χ4v) is 3.15. The molecule has 0 saturated carbocycles. The molecule has 1 aromatic heterocycles. The molecule has 0 aliphatic rings. The van der Waals surface area contributed by atoms with Gasteiger partial charge in [-0.3, -0.25) is 0 Å². The van der Waals surface area contributed by atoms with Crippen molar-refractivity contribution >= 4 is 5.97 Å². The van der Waals surface area contributed by atoms with Crippen molar-refractivity contribution in [2.75, 3.05) is 6.61 Å². The van der Waals surface area contributed by atoms with Gasteiger partial charge in [-0.25, -0.2) is 4.79 Å². The number of carbonyl (C=O) groups is 1. The summed E-state index contributed by atoms with van der Waals surface area (Å²) in [6.07, 6.45) is 21.3. The van der Waals surface area contributed by atoms with E-state index in [-0.39, 0.29) is 5.56 Å². The predicted octanol–water partition coefficient (Wildman–Crippen LogP) is 7.23. The van der Waals surface area contributed by atoms with E-state index in [0.717, 1.165) is 12.8 Å². The molecular weight excluding hydrogens is 328 g/mol. The Morgan fingerprint density at radius 2 is 1.31 bits per heavy atom. The number of ether oxygens (including phenoxy) is 1. The SMILES string of the molecule is CCCCCCCCCCCCCCCCCOc1cc(C(=O)O)co1. The highest BCUT2D eigenvalue weighted by molar-refractivity contribution is 5.87. The second-order valence-corrected chi connectivity index (χ2v) is 7.26.